The maximum atomic E-state index is 15.8. The molecule has 6 N–H and O–H groups in total. The minimum atomic E-state index is -2.50. The van der Waals surface area contributed by atoms with Gasteiger partial charge in [0, 0.05) is 57.2 Å². The van der Waals surface area contributed by atoms with Crippen LogP contribution in [-0.4, -0.2) is 152 Å². The van der Waals surface area contributed by atoms with Crippen LogP contribution in [0.4, 0.5) is 0 Å². The quantitative estimate of drug-likeness (QED) is 0.0418. The summed E-state index contributed by atoms with van der Waals surface area (Å²) in [6.45, 7) is 9.33. The van der Waals surface area contributed by atoms with Crippen molar-refractivity contribution in [2.75, 3.05) is 46.1 Å². The van der Waals surface area contributed by atoms with Gasteiger partial charge in [0.2, 0.25) is 12.0 Å². The molecular formula is C57H69N3O18. The van der Waals surface area contributed by atoms with Crippen molar-refractivity contribution < 1.29 is 86.5 Å². The van der Waals surface area contributed by atoms with Crippen LogP contribution in [0.25, 0.3) is 0 Å². The van der Waals surface area contributed by atoms with Gasteiger partial charge in [-0.3, -0.25) is 28.8 Å². The van der Waals surface area contributed by atoms with Crippen LogP contribution in [0, 0.1) is 16.7 Å². The second-order valence-corrected chi connectivity index (χ2v) is 20.7. The van der Waals surface area contributed by atoms with Gasteiger partial charge in [-0.2, -0.15) is 0 Å². The summed E-state index contributed by atoms with van der Waals surface area (Å²) in [4.78, 5) is 113. The summed E-state index contributed by atoms with van der Waals surface area (Å²) >= 11 is 0. The van der Waals surface area contributed by atoms with Gasteiger partial charge in [0.25, 0.3) is 5.91 Å². The molecule has 3 aromatic carbocycles. The lowest BCUT2D eigenvalue weighted by Gasteiger charge is -2.67. The number of hydrogen-bond donors (Lipinski definition) is 5. The highest BCUT2D eigenvalue weighted by Gasteiger charge is 2.78. The molecule has 2 amide bonds. The Hall–Kier alpha value is -6.88. The van der Waals surface area contributed by atoms with E-state index in [0.29, 0.717) is 19.8 Å². The second-order valence-electron chi connectivity index (χ2n) is 20.7. The fourth-order valence-corrected chi connectivity index (χ4v) is 11.5. The van der Waals surface area contributed by atoms with Crippen LogP contribution in [-0.2, 0) is 66.7 Å². The van der Waals surface area contributed by atoms with Crippen molar-refractivity contribution in [1.82, 2.24) is 10.6 Å². The summed E-state index contributed by atoms with van der Waals surface area (Å²) in [5.74, 6) is -8.83. The smallest absolute Gasteiger partial charge is 0.350 e. The van der Waals surface area contributed by atoms with E-state index in [4.69, 9.17) is 43.6 Å². The van der Waals surface area contributed by atoms with Crippen molar-refractivity contribution in [3.05, 3.63) is 119 Å². The number of amides is 2. The molecule has 1 heterocycles. The molecule has 2 bridgehead atoms. The Morgan fingerprint density at radius 3 is 2.00 bits per heavy atom. The third-order valence-electron chi connectivity index (χ3n) is 15.5. The Labute approximate surface area is 451 Å². The van der Waals surface area contributed by atoms with Crippen LogP contribution in [0.3, 0.4) is 0 Å². The fraction of sp³-hybridized carbons (Fsp3) is 0.509. The zero-order chi connectivity index (χ0) is 56.6. The van der Waals surface area contributed by atoms with Crippen LogP contribution in [0.5, 0.6) is 0 Å². The van der Waals surface area contributed by atoms with Gasteiger partial charge in [0.05, 0.1) is 62.5 Å². The van der Waals surface area contributed by atoms with Crippen molar-refractivity contribution in [3.8, 4) is 0 Å². The minimum absolute atomic E-state index is 0.0257. The first-order valence-corrected chi connectivity index (χ1v) is 25.9. The monoisotopic (exact) mass is 1080 g/mol. The maximum absolute atomic E-state index is 15.8. The molecule has 3 fully saturated rings. The number of rotatable bonds is 22. The summed E-state index contributed by atoms with van der Waals surface area (Å²) in [5, 5.41) is 31.7. The Morgan fingerprint density at radius 2 is 1.41 bits per heavy atom. The molecule has 1 aliphatic heterocycles. The molecule has 0 aromatic heterocycles. The van der Waals surface area contributed by atoms with Crippen LogP contribution in [0.2, 0.25) is 0 Å². The first-order chi connectivity index (χ1) is 37.1. The van der Waals surface area contributed by atoms with Crippen molar-refractivity contribution in [3.63, 3.8) is 0 Å². The van der Waals surface area contributed by atoms with Crippen LogP contribution in [0.1, 0.15) is 99.5 Å². The summed E-state index contributed by atoms with van der Waals surface area (Å²) in [5.41, 5.74) is -2.31. The number of hydrogen-bond acceptors (Lipinski definition) is 19. The molecule has 0 radical (unpaired) electrons. The van der Waals surface area contributed by atoms with Crippen molar-refractivity contribution >= 4 is 47.4 Å². The normalized spacial score (nSPS) is 27.6. The third kappa shape index (κ3) is 12.1. The first kappa shape index (κ1) is 58.8. The zero-order valence-corrected chi connectivity index (χ0v) is 44.6. The Bertz CT molecular complexity index is 2720. The highest BCUT2D eigenvalue weighted by Crippen LogP contribution is 2.64. The minimum Gasteiger partial charge on any atom is -0.455 e. The fourth-order valence-electron chi connectivity index (χ4n) is 11.5. The molecular weight excluding hydrogens is 1010 g/mol. The number of aliphatic hydroxyl groups is 2. The molecule has 21 nitrogen and oxygen atoms in total. The summed E-state index contributed by atoms with van der Waals surface area (Å²) in [6.07, 6.45) is -12.0. The number of carbonyl (C=O) groups excluding carboxylic acids is 8. The molecule has 4 aliphatic rings. The number of esters is 5. The Balaban J connectivity index is 1.32. The molecule has 420 valence electrons. The number of fused-ring (bicyclic) bond motifs is 5. The summed E-state index contributed by atoms with van der Waals surface area (Å²) < 4.78 is 47.5. The van der Waals surface area contributed by atoms with E-state index >= 15 is 9.59 Å². The number of benzene rings is 3. The summed E-state index contributed by atoms with van der Waals surface area (Å²) in [7, 11) is 0. The molecule has 3 aromatic rings. The van der Waals surface area contributed by atoms with Gasteiger partial charge in [-0.25, -0.2) is 9.59 Å². The molecule has 11 atom stereocenters. The predicted octanol–water partition coefficient (Wildman–Crippen LogP) is 3.17. The van der Waals surface area contributed by atoms with Gasteiger partial charge in [0.15, 0.2) is 17.5 Å². The van der Waals surface area contributed by atoms with E-state index < -0.39 is 131 Å². The Morgan fingerprint density at radius 1 is 0.795 bits per heavy atom. The zero-order valence-electron chi connectivity index (χ0n) is 44.6. The highest BCUT2D eigenvalue weighted by atomic mass is 16.6. The number of ketones is 1. The highest BCUT2D eigenvalue weighted by molar-refractivity contribution is 5.96. The second kappa shape index (κ2) is 24.8. The molecule has 2 unspecified atom stereocenters. The lowest BCUT2D eigenvalue weighted by Crippen LogP contribution is -2.82. The van der Waals surface area contributed by atoms with E-state index in [9.17, 15) is 39.0 Å². The molecule has 21 heteroatoms. The molecule has 3 aliphatic carbocycles. The number of Topliss-reactive ketones (excluding diaryl/α,β-unsaturated/α-hetero) is 1. The number of carbonyl (C=O) groups is 8. The Kier molecular flexibility index (Phi) is 18.7. The van der Waals surface area contributed by atoms with Crippen LogP contribution in [0.15, 0.2) is 102 Å². The largest absolute Gasteiger partial charge is 0.455 e. The number of nitrogens with one attached hydrogen (secondary N) is 2. The van der Waals surface area contributed by atoms with Gasteiger partial charge in [-0.05, 0) is 54.8 Å². The average molecular weight is 1080 g/mol. The molecule has 1 saturated heterocycles. The number of nitrogens with two attached hydrogens (primary N) is 1. The van der Waals surface area contributed by atoms with Crippen molar-refractivity contribution in [1.29, 1.82) is 0 Å². The van der Waals surface area contributed by atoms with Crippen molar-refractivity contribution in [2.24, 2.45) is 22.5 Å². The lowest BCUT2D eigenvalue weighted by molar-refractivity contribution is -0.346. The SMILES string of the molecule is CC(=O)O[C@H]1C(=O)[C@]2(C)[C@@H](O)CC3OC[C@@]3(OC(C)=O)[C@H]2[C@H](OC(=O)c2ccccc2)[C@]2(O)CC(OC(=O)[C@H](OC(=O)CCC(=O)NCCOCCOCCN)[C@@H](NC(=O)c3ccccc3)c3ccccc3)C(C)=C1C2(C)C. The van der Waals surface area contributed by atoms with Crippen LogP contribution >= 0.6 is 0 Å². The topological polar surface area (TPSA) is 301 Å². The van der Waals surface area contributed by atoms with E-state index in [-0.39, 0.29) is 67.0 Å². The molecule has 2 saturated carbocycles. The van der Waals surface area contributed by atoms with Gasteiger partial charge in [0.1, 0.15) is 30.0 Å². The third-order valence-corrected chi connectivity index (χ3v) is 15.5. The molecule has 7 rings (SSSR count). The van der Waals surface area contributed by atoms with Gasteiger partial charge < -0.3 is 64.5 Å². The predicted molar refractivity (Wildman–Crippen MR) is 274 cm³/mol. The molecule has 78 heavy (non-hydrogen) atoms. The van der Waals surface area contributed by atoms with E-state index in [0.717, 1.165) is 13.8 Å². The van der Waals surface area contributed by atoms with Crippen LogP contribution < -0.4 is 16.4 Å². The van der Waals surface area contributed by atoms with Gasteiger partial charge >= 0.3 is 29.8 Å². The number of ether oxygens (including phenoxy) is 8. The molecule has 0 spiro atoms. The maximum Gasteiger partial charge on any atom is 0.350 e. The first-order valence-electron chi connectivity index (χ1n) is 25.9. The standard InChI is InChI=1S/C57H69N3O18/c1-33-39(75-53(69)47(76-43(65)23-22-42(64)59-25-27-72-29-28-71-26-24-58)45(36-16-10-7-11-17-36)60-51(67)37-18-12-8-13-19-37)31-57(70)50(77-52(68)38-20-14-9-15-21-38)48-55(6,40(63)30-41-56(48,32-73-41)78-35(3)62)49(66)46(74-34(2)61)44(33)54(57,4)5/h7-21,39-41,45-48,50,63,70H,22-32,58H2,1-6H3,(H,59,64)(H,60,67)/t39?,40-,41?,45-,46+,47+,48-,50-,55+,56-,57+/m0/s1. The average Bonchev–Trinajstić information content (AvgIpc) is 2.87. The number of aliphatic hydroxyl groups excluding tert-OH is 1. The van der Waals surface area contributed by atoms with Gasteiger partial charge in [-0.15, -0.1) is 0 Å². The van der Waals surface area contributed by atoms with E-state index in [1.54, 1.807) is 66.7 Å². The van der Waals surface area contributed by atoms with E-state index in [1.807, 2.05) is 0 Å². The van der Waals surface area contributed by atoms with Crippen molar-refractivity contribution in [2.45, 2.75) is 121 Å². The van der Waals surface area contributed by atoms with E-state index in [2.05, 4.69) is 10.6 Å². The van der Waals surface area contributed by atoms with Gasteiger partial charge in [-0.1, -0.05) is 80.6 Å². The lowest BCUT2D eigenvalue weighted by atomic mass is 9.44. The summed E-state index contributed by atoms with van der Waals surface area (Å²) in [6, 6.07) is 22.4. The van der Waals surface area contributed by atoms with E-state index in [1.165, 1.54) is 52.0 Å².